The van der Waals surface area contributed by atoms with E-state index in [0.717, 1.165) is 0 Å². The number of benzene rings is 2. The number of aromatic amines is 1. The fourth-order valence-electron chi connectivity index (χ4n) is 3.08. The number of hydrogen-bond acceptors (Lipinski definition) is 5. The van der Waals surface area contributed by atoms with Crippen molar-refractivity contribution in [2.24, 2.45) is 0 Å². The molecule has 0 spiro atoms. The van der Waals surface area contributed by atoms with Crippen molar-refractivity contribution in [2.75, 3.05) is 5.32 Å². The zero-order chi connectivity index (χ0) is 22.0. The van der Waals surface area contributed by atoms with Gasteiger partial charge in [0.25, 0.3) is 5.91 Å². The maximum absolute atomic E-state index is 12.6. The van der Waals surface area contributed by atoms with Crippen LogP contribution in [0, 0.1) is 0 Å². The highest BCUT2D eigenvalue weighted by atomic mass is 35.5. The summed E-state index contributed by atoms with van der Waals surface area (Å²) in [5.74, 6) is 0.565. The lowest BCUT2D eigenvalue weighted by Gasteiger charge is -2.10. The third-order valence-electron chi connectivity index (χ3n) is 4.58. The van der Waals surface area contributed by atoms with Crippen molar-refractivity contribution in [3.8, 4) is 11.6 Å². The van der Waals surface area contributed by atoms with Gasteiger partial charge in [-0.3, -0.25) is 14.4 Å². The third kappa shape index (κ3) is 4.34. The van der Waals surface area contributed by atoms with Crippen LogP contribution in [0.15, 0.2) is 70.4 Å². The predicted molar refractivity (Wildman–Crippen MR) is 118 cm³/mol. The summed E-state index contributed by atoms with van der Waals surface area (Å²) in [7, 11) is 0. The van der Waals surface area contributed by atoms with E-state index < -0.39 is 11.1 Å². The minimum atomic E-state index is -0.729. The first-order valence-electron chi connectivity index (χ1n) is 9.42. The van der Waals surface area contributed by atoms with Gasteiger partial charge in [0, 0.05) is 23.2 Å². The summed E-state index contributed by atoms with van der Waals surface area (Å²) in [6.45, 7) is 2.12. The van der Waals surface area contributed by atoms with Gasteiger partial charge in [-0.05, 0) is 55.5 Å². The van der Waals surface area contributed by atoms with E-state index in [0.29, 0.717) is 45.5 Å². The summed E-state index contributed by atoms with van der Waals surface area (Å²) in [4.78, 5) is 43.1. The van der Waals surface area contributed by atoms with E-state index in [1.807, 2.05) is 0 Å². The number of carbonyl (C=O) groups is 1. The monoisotopic (exact) mass is 436 g/mol. The molecule has 0 bridgehead atoms. The van der Waals surface area contributed by atoms with Crippen molar-refractivity contribution >= 4 is 34.2 Å². The Morgan fingerprint density at radius 1 is 1.13 bits per heavy atom. The van der Waals surface area contributed by atoms with Gasteiger partial charge in [0.15, 0.2) is 0 Å². The summed E-state index contributed by atoms with van der Waals surface area (Å²) < 4.78 is 6.99. The van der Waals surface area contributed by atoms with Crippen LogP contribution in [0.25, 0.3) is 11.0 Å². The molecule has 0 aliphatic heterocycles. The number of pyridine rings is 1. The van der Waals surface area contributed by atoms with E-state index in [4.69, 9.17) is 16.3 Å². The van der Waals surface area contributed by atoms with Crippen LogP contribution in [0.4, 0.5) is 5.69 Å². The van der Waals surface area contributed by atoms with Crippen LogP contribution in [0.2, 0.25) is 5.02 Å². The molecule has 1 amide bonds. The van der Waals surface area contributed by atoms with Crippen molar-refractivity contribution in [3.63, 3.8) is 0 Å². The highest BCUT2D eigenvalue weighted by Gasteiger charge is 2.11. The molecule has 2 aromatic carbocycles. The van der Waals surface area contributed by atoms with Gasteiger partial charge in [0.05, 0.1) is 22.9 Å². The van der Waals surface area contributed by atoms with Crippen LogP contribution in [0.3, 0.4) is 0 Å². The number of hydrogen-bond donors (Lipinski definition) is 2. The molecule has 8 nitrogen and oxygen atoms in total. The van der Waals surface area contributed by atoms with Crippen LogP contribution >= 0.6 is 11.6 Å². The molecule has 2 heterocycles. The first-order chi connectivity index (χ1) is 14.9. The lowest BCUT2D eigenvalue weighted by Crippen LogP contribution is -2.36. The number of aryl methyl sites for hydroxylation is 1. The summed E-state index contributed by atoms with van der Waals surface area (Å²) in [5, 5.41) is 3.35. The Labute approximate surface area is 181 Å². The molecular formula is C22H17ClN4O4. The summed E-state index contributed by atoms with van der Waals surface area (Å²) >= 11 is 5.85. The Hall–Kier alpha value is -3.91. The first kappa shape index (κ1) is 20.4. The van der Waals surface area contributed by atoms with E-state index in [1.54, 1.807) is 55.5 Å². The normalized spacial score (nSPS) is 10.8. The van der Waals surface area contributed by atoms with Crippen molar-refractivity contribution in [1.82, 2.24) is 14.5 Å². The number of nitrogens with one attached hydrogen (secondary N) is 2. The first-order valence-corrected chi connectivity index (χ1v) is 9.80. The minimum absolute atomic E-state index is 0.325. The smallest absolute Gasteiger partial charge is 0.316 e. The average molecular weight is 437 g/mol. The second-order valence-corrected chi connectivity index (χ2v) is 7.07. The molecule has 31 heavy (non-hydrogen) atoms. The lowest BCUT2D eigenvalue weighted by molar-refractivity contribution is 0.102. The average Bonchev–Trinajstić information content (AvgIpc) is 2.77. The van der Waals surface area contributed by atoms with Gasteiger partial charge in [-0.1, -0.05) is 11.6 Å². The molecular weight excluding hydrogens is 420 g/mol. The number of H-pyrrole nitrogens is 1. The Kier molecular flexibility index (Phi) is 5.55. The van der Waals surface area contributed by atoms with Crippen LogP contribution < -0.4 is 21.2 Å². The minimum Gasteiger partial charge on any atom is -0.439 e. The molecule has 9 heteroatoms. The fourth-order valence-corrected chi connectivity index (χ4v) is 3.20. The van der Waals surface area contributed by atoms with Gasteiger partial charge in [0.1, 0.15) is 5.75 Å². The SMILES string of the molecule is CCn1c(=O)c(=O)[nH]c2cc(C(=O)Nc3ccc(Oc4ccc(Cl)cc4)nc3)ccc21. The van der Waals surface area contributed by atoms with Crippen molar-refractivity contribution in [3.05, 3.63) is 92.1 Å². The Morgan fingerprint density at radius 2 is 1.90 bits per heavy atom. The van der Waals surface area contributed by atoms with Crippen LogP contribution in [0.1, 0.15) is 17.3 Å². The zero-order valence-corrected chi connectivity index (χ0v) is 17.1. The third-order valence-corrected chi connectivity index (χ3v) is 4.84. The highest BCUT2D eigenvalue weighted by Crippen LogP contribution is 2.22. The molecule has 0 unspecified atom stereocenters. The number of anilines is 1. The number of halogens is 1. The van der Waals surface area contributed by atoms with Crippen LogP contribution in [-0.4, -0.2) is 20.4 Å². The highest BCUT2D eigenvalue weighted by molar-refractivity contribution is 6.30. The van der Waals surface area contributed by atoms with E-state index in [1.165, 1.54) is 16.8 Å². The van der Waals surface area contributed by atoms with Crippen LogP contribution in [0.5, 0.6) is 11.6 Å². The van der Waals surface area contributed by atoms with Crippen molar-refractivity contribution in [2.45, 2.75) is 13.5 Å². The number of ether oxygens (including phenoxy) is 1. The summed E-state index contributed by atoms with van der Waals surface area (Å²) in [6, 6.07) is 14.9. The van der Waals surface area contributed by atoms with Gasteiger partial charge < -0.3 is 19.6 Å². The van der Waals surface area contributed by atoms with Crippen LogP contribution in [-0.2, 0) is 6.54 Å². The van der Waals surface area contributed by atoms with Gasteiger partial charge in [0.2, 0.25) is 5.88 Å². The summed E-state index contributed by atoms with van der Waals surface area (Å²) in [5.41, 5.74) is 0.399. The standard InChI is InChI=1S/C22H17ClN4O4/c1-2-27-18-9-3-13(11-17(18)26-21(29)22(27)30)20(28)25-15-6-10-19(24-12-15)31-16-7-4-14(23)5-8-16/h3-12H,2H2,1H3,(H,25,28)(H,26,29). The number of rotatable bonds is 5. The quantitative estimate of drug-likeness (QED) is 0.463. The molecule has 0 atom stereocenters. The van der Waals surface area contributed by atoms with Gasteiger partial charge >= 0.3 is 11.1 Å². The number of amides is 1. The topological polar surface area (TPSA) is 106 Å². The number of fused-ring (bicyclic) bond motifs is 1. The molecule has 2 N–H and O–H groups in total. The lowest BCUT2D eigenvalue weighted by atomic mass is 10.1. The summed E-state index contributed by atoms with van der Waals surface area (Å²) in [6.07, 6.45) is 1.47. The second kappa shape index (κ2) is 8.45. The van der Waals surface area contributed by atoms with Crippen molar-refractivity contribution < 1.29 is 9.53 Å². The van der Waals surface area contributed by atoms with E-state index >= 15 is 0 Å². The zero-order valence-electron chi connectivity index (χ0n) is 16.4. The van der Waals surface area contributed by atoms with Gasteiger partial charge in [-0.25, -0.2) is 4.98 Å². The Bertz CT molecular complexity index is 1380. The molecule has 156 valence electrons. The molecule has 0 saturated heterocycles. The van der Waals surface area contributed by atoms with E-state index in [2.05, 4.69) is 15.3 Å². The molecule has 4 rings (SSSR count). The maximum atomic E-state index is 12.6. The molecule has 0 aliphatic carbocycles. The molecule has 2 aromatic heterocycles. The van der Waals surface area contributed by atoms with Gasteiger partial charge in [-0.2, -0.15) is 0 Å². The maximum Gasteiger partial charge on any atom is 0.316 e. The van der Waals surface area contributed by atoms with E-state index in [9.17, 15) is 14.4 Å². The molecule has 0 saturated carbocycles. The molecule has 0 aliphatic rings. The molecule has 0 fully saturated rings. The predicted octanol–water partition coefficient (Wildman–Crippen LogP) is 3.80. The Balaban J connectivity index is 1.52. The fraction of sp³-hybridized carbons (Fsp3) is 0.0909. The number of nitrogens with zero attached hydrogens (tertiary/aromatic N) is 2. The molecule has 4 aromatic rings. The largest absolute Gasteiger partial charge is 0.439 e. The Morgan fingerprint density at radius 3 is 2.58 bits per heavy atom. The van der Waals surface area contributed by atoms with E-state index in [-0.39, 0.29) is 5.91 Å². The van der Waals surface area contributed by atoms with Gasteiger partial charge in [-0.15, -0.1) is 0 Å². The number of aromatic nitrogens is 3. The number of carbonyl (C=O) groups excluding carboxylic acids is 1. The molecule has 0 radical (unpaired) electrons. The second-order valence-electron chi connectivity index (χ2n) is 6.63. The van der Waals surface area contributed by atoms with Crippen molar-refractivity contribution in [1.29, 1.82) is 0 Å².